The maximum absolute atomic E-state index is 8.44. The number of aliphatic imine (C=N–C) groups is 1. The molecule has 0 aliphatic carbocycles. The molecule has 0 heterocycles. The molecule has 1 rings (SSSR count). The third kappa shape index (κ3) is 3.70. The van der Waals surface area contributed by atoms with E-state index in [1.54, 1.807) is 0 Å². The molecule has 86 valence electrons. The molecule has 1 aromatic rings. The van der Waals surface area contributed by atoms with Crippen LogP contribution in [0.4, 0.5) is 5.69 Å². The highest BCUT2D eigenvalue weighted by Crippen LogP contribution is 2.19. The lowest BCUT2D eigenvalue weighted by Crippen LogP contribution is -1.92. The van der Waals surface area contributed by atoms with Crippen LogP contribution in [-0.2, 0) is 0 Å². The number of hydrogen-bond acceptors (Lipinski definition) is 4. The van der Waals surface area contributed by atoms with Crippen molar-refractivity contribution in [1.29, 1.82) is 0 Å². The fourth-order valence-electron chi connectivity index (χ4n) is 1.24. The molecule has 0 aliphatic rings. The van der Waals surface area contributed by atoms with Crippen LogP contribution in [0.3, 0.4) is 0 Å². The number of rotatable bonds is 3. The third-order valence-corrected chi connectivity index (χ3v) is 2.79. The monoisotopic (exact) mass is 236 g/mol. The van der Waals surface area contributed by atoms with E-state index in [1.807, 2.05) is 18.4 Å². The van der Waals surface area contributed by atoms with Gasteiger partial charge in [0.25, 0.3) is 0 Å². The molecule has 1 N–H and O–H groups in total. The number of thioether (sulfide) groups is 1. The Balaban J connectivity index is 2.89. The number of hydrogen-bond donors (Lipinski definition) is 1. The summed E-state index contributed by atoms with van der Waals surface area (Å²) in [5.74, 6) is 0.525. The largest absolute Gasteiger partial charge is 0.411 e. The van der Waals surface area contributed by atoms with E-state index in [0.29, 0.717) is 11.0 Å². The molecule has 0 bridgehead atoms. The lowest BCUT2D eigenvalue weighted by Gasteiger charge is -2.04. The van der Waals surface area contributed by atoms with Crippen molar-refractivity contribution in [2.45, 2.75) is 19.8 Å². The summed E-state index contributed by atoms with van der Waals surface area (Å²) in [5.41, 5.74) is 2.16. The lowest BCUT2D eigenvalue weighted by molar-refractivity contribution is 0.322. The second-order valence-corrected chi connectivity index (χ2v) is 4.47. The minimum absolute atomic E-state index is 0.525. The van der Waals surface area contributed by atoms with Crippen LogP contribution in [0.25, 0.3) is 0 Å². The summed E-state index contributed by atoms with van der Waals surface area (Å²) >= 11 is 1.44. The molecule has 0 saturated heterocycles. The molecule has 0 spiro atoms. The average Bonchev–Trinajstić information content (AvgIpc) is 2.29. The maximum atomic E-state index is 8.44. The highest BCUT2D eigenvalue weighted by Gasteiger charge is 1.99. The van der Waals surface area contributed by atoms with Gasteiger partial charge in [-0.1, -0.05) is 31.1 Å². The first-order valence-corrected chi connectivity index (χ1v) is 6.30. The number of nitrogens with zero attached hydrogens (tertiary/aromatic N) is 2. The van der Waals surface area contributed by atoms with Crippen molar-refractivity contribution in [3.63, 3.8) is 0 Å². The van der Waals surface area contributed by atoms with E-state index in [1.165, 1.54) is 23.5 Å². The van der Waals surface area contributed by atoms with Gasteiger partial charge in [0.2, 0.25) is 0 Å². The summed E-state index contributed by atoms with van der Waals surface area (Å²) in [7, 11) is 0. The Labute approximate surface area is 100 Å². The van der Waals surface area contributed by atoms with Gasteiger partial charge in [-0.15, -0.1) is 11.8 Å². The van der Waals surface area contributed by atoms with Gasteiger partial charge < -0.3 is 5.21 Å². The molecule has 0 unspecified atom stereocenters. The third-order valence-electron chi connectivity index (χ3n) is 2.18. The smallest absolute Gasteiger partial charge is 0.118 e. The van der Waals surface area contributed by atoms with E-state index in [2.05, 4.69) is 36.1 Å². The maximum Gasteiger partial charge on any atom is 0.118 e. The SMILES string of the molecule is CSC(C=NO)=Nc1ccc(C(C)C)cc1. The fourth-order valence-corrected chi connectivity index (χ4v) is 1.59. The molecule has 0 saturated carbocycles. The summed E-state index contributed by atoms with van der Waals surface area (Å²) in [6.45, 7) is 4.31. The summed E-state index contributed by atoms with van der Waals surface area (Å²) < 4.78 is 0. The Kier molecular flexibility index (Phi) is 5.05. The molecule has 0 atom stereocenters. The zero-order valence-electron chi connectivity index (χ0n) is 9.71. The molecule has 0 radical (unpaired) electrons. The van der Waals surface area contributed by atoms with Gasteiger partial charge in [-0.3, -0.25) is 0 Å². The Morgan fingerprint density at radius 1 is 1.31 bits per heavy atom. The molecular formula is C12H16N2OS. The fraction of sp³-hybridized carbons (Fsp3) is 0.333. The predicted octanol–water partition coefficient (Wildman–Crippen LogP) is 3.66. The van der Waals surface area contributed by atoms with Crippen LogP contribution in [0.15, 0.2) is 34.4 Å². The summed E-state index contributed by atoms with van der Waals surface area (Å²) in [6, 6.07) is 8.07. The van der Waals surface area contributed by atoms with Gasteiger partial charge in [0.15, 0.2) is 0 Å². The summed E-state index contributed by atoms with van der Waals surface area (Å²) in [6.07, 6.45) is 3.23. The molecule has 0 amide bonds. The van der Waals surface area contributed by atoms with Crippen LogP contribution in [0.2, 0.25) is 0 Å². The van der Waals surface area contributed by atoms with Crippen molar-refractivity contribution < 1.29 is 5.21 Å². The molecule has 0 aliphatic heterocycles. The summed E-state index contributed by atoms with van der Waals surface area (Å²) in [5, 5.41) is 12.1. The molecule has 1 aromatic carbocycles. The van der Waals surface area contributed by atoms with E-state index in [9.17, 15) is 0 Å². The zero-order valence-corrected chi connectivity index (χ0v) is 10.5. The highest BCUT2D eigenvalue weighted by molar-refractivity contribution is 8.15. The van der Waals surface area contributed by atoms with Crippen molar-refractivity contribution in [1.82, 2.24) is 0 Å². The predicted molar refractivity (Wildman–Crippen MR) is 71.4 cm³/mol. The van der Waals surface area contributed by atoms with E-state index in [-0.39, 0.29) is 0 Å². The standard InChI is InChI=1S/C12H16N2OS/c1-9(2)10-4-6-11(7-5-10)14-12(16-3)8-13-15/h4-9,15H,1-3H3. The van der Waals surface area contributed by atoms with Crippen molar-refractivity contribution in [2.75, 3.05) is 6.26 Å². The highest BCUT2D eigenvalue weighted by atomic mass is 32.2. The van der Waals surface area contributed by atoms with Crippen molar-refractivity contribution >= 4 is 28.7 Å². The Morgan fingerprint density at radius 2 is 1.94 bits per heavy atom. The van der Waals surface area contributed by atoms with Gasteiger partial charge in [-0.05, 0) is 29.9 Å². The van der Waals surface area contributed by atoms with E-state index in [4.69, 9.17) is 5.21 Å². The van der Waals surface area contributed by atoms with Crippen LogP contribution in [0.1, 0.15) is 25.3 Å². The molecule has 0 aromatic heterocycles. The van der Waals surface area contributed by atoms with Crippen molar-refractivity contribution in [3.05, 3.63) is 29.8 Å². The average molecular weight is 236 g/mol. The van der Waals surface area contributed by atoms with Gasteiger partial charge in [0, 0.05) is 0 Å². The van der Waals surface area contributed by atoms with Gasteiger partial charge >= 0.3 is 0 Å². The molecule has 3 nitrogen and oxygen atoms in total. The van der Waals surface area contributed by atoms with E-state index < -0.39 is 0 Å². The molecule has 16 heavy (non-hydrogen) atoms. The molecular weight excluding hydrogens is 220 g/mol. The van der Waals surface area contributed by atoms with E-state index in [0.717, 1.165) is 5.69 Å². The second kappa shape index (κ2) is 6.33. The number of benzene rings is 1. The number of oxime groups is 1. The zero-order chi connectivity index (χ0) is 12.0. The topological polar surface area (TPSA) is 45.0 Å². The Morgan fingerprint density at radius 3 is 2.38 bits per heavy atom. The van der Waals surface area contributed by atoms with Crippen molar-refractivity contribution in [3.8, 4) is 0 Å². The first-order valence-electron chi connectivity index (χ1n) is 5.07. The van der Waals surface area contributed by atoms with Crippen LogP contribution in [0, 0.1) is 0 Å². The van der Waals surface area contributed by atoms with Gasteiger partial charge in [-0.25, -0.2) is 4.99 Å². The van der Waals surface area contributed by atoms with E-state index >= 15 is 0 Å². The van der Waals surface area contributed by atoms with Crippen LogP contribution in [0.5, 0.6) is 0 Å². The van der Waals surface area contributed by atoms with Gasteiger partial charge in [0.1, 0.15) is 5.04 Å². The second-order valence-electron chi connectivity index (χ2n) is 3.64. The first kappa shape index (κ1) is 12.8. The van der Waals surface area contributed by atoms with Crippen molar-refractivity contribution in [2.24, 2.45) is 10.1 Å². The van der Waals surface area contributed by atoms with Crippen LogP contribution >= 0.6 is 11.8 Å². The molecule has 0 fully saturated rings. The lowest BCUT2D eigenvalue weighted by atomic mass is 10.0. The van der Waals surface area contributed by atoms with Crippen LogP contribution < -0.4 is 0 Å². The Hall–Kier alpha value is -1.29. The quantitative estimate of drug-likeness (QED) is 0.377. The van der Waals surface area contributed by atoms with Gasteiger partial charge in [0.05, 0.1) is 11.9 Å². The summed E-state index contributed by atoms with van der Waals surface area (Å²) in [4.78, 5) is 4.34. The van der Waals surface area contributed by atoms with Crippen LogP contribution in [-0.4, -0.2) is 22.7 Å². The minimum atomic E-state index is 0.525. The first-order chi connectivity index (χ1) is 7.67. The van der Waals surface area contributed by atoms with Gasteiger partial charge in [-0.2, -0.15) is 0 Å². The molecule has 4 heteroatoms. The Bertz CT molecular complexity index is 383. The normalized spacial score (nSPS) is 12.6. The minimum Gasteiger partial charge on any atom is -0.411 e.